The van der Waals surface area contributed by atoms with Crippen LogP contribution in [-0.2, 0) is 10.0 Å². The minimum atomic E-state index is -3.16. The molecule has 88 valence electrons. The summed E-state index contributed by atoms with van der Waals surface area (Å²) in [5.41, 5.74) is 0.872. The SMILES string of the molecule is CS(=O)(=O)N1CCS[C@H]1c1ccccc1Cl. The Morgan fingerprint density at radius 3 is 2.75 bits per heavy atom. The number of benzene rings is 1. The number of halogens is 1. The van der Waals surface area contributed by atoms with Crippen LogP contribution in [0.5, 0.6) is 0 Å². The number of thioether (sulfide) groups is 1. The molecule has 1 saturated heterocycles. The first-order valence-electron chi connectivity index (χ1n) is 4.83. The van der Waals surface area contributed by atoms with Gasteiger partial charge in [-0.15, -0.1) is 11.8 Å². The summed E-state index contributed by atoms with van der Waals surface area (Å²) in [6.07, 6.45) is 1.24. The van der Waals surface area contributed by atoms with Gasteiger partial charge in [-0.25, -0.2) is 8.42 Å². The maximum absolute atomic E-state index is 11.6. The second kappa shape index (κ2) is 4.56. The average Bonchev–Trinajstić information content (AvgIpc) is 2.66. The highest BCUT2D eigenvalue weighted by atomic mass is 35.5. The number of nitrogens with zero attached hydrogens (tertiary/aromatic N) is 1. The van der Waals surface area contributed by atoms with Crippen molar-refractivity contribution in [1.82, 2.24) is 4.31 Å². The van der Waals surface area contributed by atoms with Gasteiger partial charge in [-0.1, -0.05) is 29.8 Å². The highest BCUT2D eigenvalue weighted by molar-refractivity contribution is 8.00. The van der Waals surface area contributed by atoms with E-state index in [9.17, 15) is 8.42 Å². The van der Waals surface area contributed by atoms with Crippen molar-refractivity contribution < 1.29 is 8.42 Å². The van der Waals surface area contributed by atoms with Gasteiger partial charge in [0.1, 0.15) is 0 Å². The lowest BCUT2D eigenvalue weighted by Crippen LogP contribution is -2.29. The predicted octanol–water partition coefficient (Wildman–Crippen LogP) is 2.35. The molecule has 1 aliphatic heterocycles. The van der Waals surface area contributed by atoms with Crippen LogP contribution in [0.15, 0.2) is 24.3 Å². The summed E-state index contributed by atoms with van der Waals surface area (Å²) >= 11 is 7.69. The molecule has 1 atom stereocenters. The molecule has 0 unspecified atom stereocenters. The summed E-state index contributed by atoms with van der Waals surface area (Å²) in [5.74, 6) is 0.808. The first-order chi connectivity index (χ1) is 7.50. The smallest absolute Gasteiger partial charge is 0.212 e. The van der Waals surface area contributed by atoms with Crippen molar-refractivity contribution in [2.24, 2.45) is 0 Å². The van der Waals surface area contributed by atoms with Crippen molar-refractivity contribution in [1.29, 1.82) is 0 Å². The van der Waals surface area contributed by atoms with Gasteiger partial charge >= 0.3 is 0 Å². The zero-order chi connectivity index (χ0) is 11.8. The predicted molar refractivity (Wildman–Crippen MR) is 68.2 cm³/mol. The van der Waals surface area contributed by atoms with Gasteiger partial charge in [0, 0.05) is 17.3 Å². The number of rotatable bonds is 2. The van der Waals surface area contributed by atoms with Crippen LogP contribution < -0.4 is 0 Å². The third-order valence-corrected chi connectivity index (χ3v) is 5.41. The number of sulfonamides is 1. The molecule has 3 nitrogen and oxygen atoms in total. The molecule has 0 bridgehead atoms. The maximum Gasteiger partial charge on any atom is 0.212 e. The highest BCUT2D eigenvalue weighted by Crippen LogP contribution is 2.41. The monoisotopic (exact) mass is 277 g/mol. The molecule has 0 aliphatic carbocycles. The van der Waals surface area contributed by atoms with Gasteiger partial charge in [0.05, 0.1) is 11.6 Å². The van der Waals surface area contributed by atoms with Crippen LogP contribution >= 0.6 is 23.4 Å². The summed E-state index contributed by atoms with van der Waals surface area (Å²) in [5, 5.41) is 0.444. The van der Waals surface area contributed by atoms with Crippen molar-refractivity contribution in [3.8, 4) is 0 Å². The molecule has 0 aromatic heterocycles. The number of hydrogen-bond acceptors (Lipinski definition) is 3. The largest absolute Gasteiger partial charge is 0.212 e. The lowest BCUT2D eigenvalue weighted by Gasteiger charge is -2.22. The minimum Gasteiger partial charge on any atom is -0.212 e. The molecule has 0 amide bonds. The molecule has 1 fully saturated rings. The second-order valence-corrected chi connectivity index (χ2v) is 7.15. The summed E-state index contributed by atoms with van der Waals surface area (Å²) in [6.45, 7) is 0.555. The molecule has 0 N–H and O–H groups in total. The Balaban J connectivity index is 2.38. The van der Waals surface area contributed by atoms with E-state index in [0.717, 1.165) is 11.3 Å². The lowest BCUT2D eigenvalue weighted by atomic mass is 10.2. The summed E-state index contributed by atoms with van der Waals surface area (Å²) in [4.78, 5) is 0. The van der Waals surface area contributed by atoms with E-state index >= 15 is 0 Å². The van der Waals surface area contributed by atoms with Gasteiger partial charge in [0.15, 0.2) is 0 Å². The van der Waals surface area contributed by atoms with E-state index in [0.29, 0.717) is 11.6 Å². The Kier molecular flexibility index (Phi) is 3.49. The Morgan fingerprint density at radius 1 is 1.44 bits per heavy atom. The summed E-state index contributed by atoms with van der Waals surface area (Å²) < 4.78 is 24.7. The van der Waals surface area contributed by atoms with Crippen molar-refractivity contribution in [3.63, 3.8) is 0 Å². The van der Waals surface area contributed by atoms with Crippen LogP contribution in [0.3, 0.4) is 0 Å². The Labute approximate surface area is 105 Å². The zero-order valence-electron chi connectivity index (χ0n) is 8.76. The van der Waals surface area contributed by atoms with Crippen LogP contribution in [0, 0.1) is 0 Å². The summed E-state index contributed by atoms with van der Waals surface area (Å²) in [7, 11) is -3.16. The van der Waals surface area contributed by atoms with Crippen LogP contribution in [0.1, 0.15) is 10.9 Å². The van der Waals surface area contributed by atoms with Gasteiger partial charge in [-0.2, -0.15) is 4.31 Å². The first kappa shape index (κ1) is 12.2. The highest BCUT2D eigenvalue weighted by Gasteiger charge is 2.34. The van der Waals surface area contributed by atoms with Crippen molar-refractivity contribution in [2.45, 2.75) is 5.37 Å². The molecule has 0 radical (unpaired) electrons. The van der Waals surface area contributed by atoms with Crippen LogP contribution in [0.4, 0.5) is 0 Å². The Hall–Kier alpha value is -0.230. The molecule has 0 saturated carbocycles. The Morgan fingerprint density at radius 2 is 2.12 bits per heavy atom. The van der Waals surface area contributed by atoms with E-state index in [1.807, 2.05) is 18.2 Å². The maximum atomic E-state index is 11.6. The fourth-order valence-electron chi connectivity index (χ4n) is 1.71. The van der Waals surface area contributed by atoms with Gasteiger partial charge in [-0.3, -0.25) is 0 Å². The van der Waals surface area contributed by atoms with Crippen molar-refractivity contribution in [2.75, 3.05) is 18.6 Å². The van der Waals surface area contributed by atoms with Gasteiger partial charge in [0.25, 0.3) is 0 Å². The Bertz CT molecular complexity index is 489. The van der Waals surface area contributed by atoms with E-state index in [2.05, 4.69) is 0 Å². The van der Waals surface area contributed by atoms with Gasteiger partial charge in [-0.05, 0) is 11.6 Å². The molecular formula is C10H12ClNO2S2. The van der Waals surface area contributed by atoms with Crippen molar-refractivity contribution >= 4 is 33.4 Å². The zero-order valence-corrected chi connectivity index (χ0v) is 11.1. The lowest BCUT2D eigenvalue weighted by molar-refractivity contribution is 0.439. The molecule has 1 heterocycles. The minimum absolute atomic E-state index is 0.177. The molecule has 1 aromatic rings. The first-order valence-corrected chi connectivity index (χ1v) is 8.10. The molecule has 2 rings (SSSR count). The van der Waals surface area contributed by atoms with E-state index in [4.69, 9.17) is 11.6 Å². The normalized spacial score (nSPS) is 22.5. The quantitative estimate of drug-likeness (QED) is 0.833. The third kappa shape index (κ3) is 2.37. The van der Waals surface area contributed by atoms with E-state index < -0.39 is 10.0 Å². The molecule has 1 aromatic carbocycles. The van der Waals surface area contributed by atoms with E-state index in [1.165, 1.54) is 10.6 Å². The fraction of sp³-hybridized carbons (Fsp3) is 0.400. The molecular weight excluding hydrogens is 266 g/mol. The fourth-order valence-corrected chi connectivity index (χ4v) is 4.85. The number of hydrogen-bond donors (Lipinski definition) is 0. The second-order valence-electron chi connectivity index (χ2n) is 3.62. The molecule has 0 spiro atoms. The molecule has 16 heavy (non-hydrogen) atoms. The van der Waals surface area contributed by atoms with E-state index in [-0.39, 0.29) is 5.37 Å². The molecule has 1 aliphatic rings. The van der Waals surface area contributed by atoms with Crippen molar-refractivity contribution in [3.05, 3.63) is 34.9 Å². The van der Waals surface area contributed by atoms with Gasteiger partial charge in [0.2, 0.25) is 10.0 Å². The molecule has 6 heteroatoms. The summed E-state index contributed by atoms with van der Waals surface area (Å²) in [6, 6.07) is 7.39. The third-order valence-electron chi connectivity index (χ3n) is 2.45. The van der Waals surface area contributed by atoms with Crippen LogP contribution in [-0.4, -0.2) is 31.3 Å². The van der Waals surface area contributed by atoms with Crippen LogP contribution in [0.2, 0.25) is 5.02 Å². The average molecular weight is 278 g/mol. The van der Waals surface area contributed by atoms with E-state index in [1.54, 1.807) is 17.8 Å². The standard InChI is InChI=1S/C10H12ClNO2S2/c1-16(13,14)12-6-7-15-10(12)8-4-2-3-5-9(8)11/h2-5,10H,6-7H2,1H3/t10-/m0/s1. The van der Waals surface area contributed by atoms with Gasteiger partial charge < -0.3 is 0 Å². The topological polar surface area (TPSA) is 37.4 Å². The van der Waals surface area contributed by atoms with Crippen LogP contribution in [0.25, 0.3) is 0 Å².